The molecular formula is C41H47N3O8S. The maximum absolute atomic E-state index is 13.9. The van der Waals surface area contributed by atoms with Crippen LogP contribution in [-0.2, 0) is 46.8 Å². The average Bonchev–Trinajstić information content (AvgIpc) is 3.64. The van der Waals surface area contributed by atoms with Gasteiger partial charge in [0.15, 0.2) is 12.1 Å². The van der Waals surface area contributed by atoms with Crippen molar-refractivity contribution in [3.63, 3.8) is 0 Å². The van der Waals surface area contributed by atoms with Crippen molar-refractivity contribution in [2.45, 2.75) is 74.4 Å². The lowest BCUT2D eigenvalue weighted by molar-refractivity contribution is -0.255. The summed E-state index contributed by atoms with van der Waals surface area (Å²) in [5.74, 6) is -0.956. The predicted molar refractivity (Wildman–Crippen MR) is 199 cm³/mol. The van der Waals surface area contributed by atoms with Crippen LogP contribution in [-0.4, -0.2) is 75.1 Å². The summed E-state index contributed by atoms with van der Waals surface area (Å²) < 4.78 is 54.6. The maximum Gasteiger partial charge on any atom is 0.242 e. The van der Waals surface area contributed by atoms with Crippen molar-refractivity contribution in [1.29, 1.82) is 0 Å². The molecule has 1 amide bonds. The lowest BCUT2D eigenvalue weighted by atomic mass is 9.98. The number of sulfonamides is 1. The number of rotatable bonds is 12. The van der Waals surface area contributed by atoms with E-state index in [0.717, 1.165) is 53.7 Å². The molecule has 0 bridgehead atoms. The first-order valence-electron chi connectivity index (χ1n) is 18.2. The van der Waals surface area contributed by atoms with Gasteiger partial charge in [0, 0.05) is 50.1 Å². The number of hydrogen-bond donors (Lipinski definition) is 3. The van der Waals surface area contributed by atoms with Crippen LogP contribution in [0.3, 0.4) is 0 Å². The van der Waals surface area contributed by atoms with Gasteiger partial charge in [0.25, 0.3) is 0 Å². The number of amides is 1. The molecule has 12 heteroatoms. The molecule has 0 aromatic heterocycles. The number of nitrogens with zero attached hydrogens (tertiary/aromatic N) is 1. The van der Waals surface area contributed by atoms with Gasteiger partial charge in [-0.05, 0) is 54.3 Å². The Kier molecular flexibility index (Phi) is 11.7. The standard InChI is InChI=1S/C41H47N3O8S/c1-29-10-16-36(17-11-29)53(47,48)43-37(24-30-6-3-2-4-7-30)39(46)42-34-9-5-8-33(25-34)40-51-35(26-38(52-40)32-14-12-31(28-45)13-15-32)27-44-20-18-41(19-21-44)49-22-23-50-41/h2-17,25,35,37-38,40,43,45H,18-24,26-28H2,1H3,(H,42,46)/t35-,37+,38+,40+/m0/s1. The fourth-order valence-electron chi connectivity index (χ4n) is 7.19. The number of anilines is 1. The highest BCUT2D eigenvalue weighted by Crippen LogP contribution is 2.39. The average molecular weight is 742 g/mol. The Bertz CT molecular complexity index is 1930. The van der Waals surface area contributed by atoms with Crippen molar-refractivity contribution >= 4 is 21.6 Å². The molecule has 1 spiro atoms. The number of carbonyl (C=O) groups is 1. The van der Waals surface area contributed by atoms with Gasteiger partial charge in [0.2, 0.25) is 15.9 Å². The Morgan fingerprint density at radius 1 is 0.868 bits per heavy atom. The van der Waals surface area contributed by atoms with Crippen molar-refractivity contribution in [2.24, 2.45) is 0 Å². The van der Waals surface area contributed by atoms with Crippen LogP contribution in [0.1, 0.15) is 59.5 Å². The molecule has 0 unspecified atom stereocenters. The molecule has 3 aliphatic heterocycles. The van der Waals surface area contributed by atoms with Gasteiger partial charge in [0.05, 0.1) is 36.9 Å². The summed E-state index contributed by atoms with van der Waals surface area (Å²) in [7, 11) is -4.00. The molecule has 4 aromatic rings. The number of piperidine rings is 1. The lowest BCUT2D eigenvalue weighted by Crippen LogP contribution is -2.48. The Morgan fingerprint density at radius 3 is 2.28 bits per heavy atom. The van der Waals surface area contributed by atoms with E-state index < -0.39 is 34.0 Å². The second-order valence-electron chi connectivity index (χ2n) is 14.0. The smallest absolute Gasteiger partial charge is 0.242 e. The van der Waals surface area contributed by atoms with Gasteiger partial charge in [-0.15, -0.1) is 0 Å². The maximum atomic E-state index is 13.9. The van der Waals surface area contributed by atoms with Gasteiger partial charge in [-0.1, -0.05) is 84.4 Å². The Balaban J connectivity index is 1.09. The predicted octanol–water partition coefficient (Wildman–Crippen LogP) is 5.40. The highest BCUT2D eigenvalue weighted by Gasteiger charge is 2.41. The molecule has 7 rings (SSSR count). The summed E-state index contributed by atoms with van der Waals surface area (Å²) >= 11 is 0. The van der Waals surface area contributed by atoms with Gasteiger partial charge in [0.1, 0.15) is 6.04 Å². The molecule has 0 radical (unpaired) electrons. The summed E-state index contributed by atoms with van der Waals surface area (Å²) in [4.78, 5) is 16.4. The van der Waals surface area contributed by atoms with E-state index in [0.29, 0.717) is 31.9 Å². The van der Waals surface area contributed by atoms with Gasteiger partial charge in [-0.25, -0.2) is 8.42 Å². The number of aliphatic hydroxyl groups excluding tert-OH is 1. The van der Waals surface area contributed by atoms with E-state index >= 15 is 0 Å². The molecule has 3 N–H and O–H groups in total. The van der Waals surface area contributed by atoms with E-state index in [9.17, 15) is 18.3 Å². The second-order valence-corrected chi connectivity index (χ2v) is 15.8. The van der Waals surface area contributed by atoms with Crippen molar-refractivity contribution in [1.82, 2.24) is 9.62 Å². The van der Waals surface area contributed by atoms with E-state index in [-0.39, 0.29) is 30.1 Å². The first-order chi connectivity index (χ1) is 25.7. The number of benzene rings is 4. The topological polar surface area (TPSA) is 136 Å². The Morgan fingerprint density at radius 2 is 1.58 bits per heavy atom. The van der Waals surface area contributed by atoms with Crippen molar-refractivity contribution in [3.05, 3.63) is 131 Å². The Labute approximate surface area is 311 Å². The van der Waals surface area contributed by atoms with E-state index in [1.165, 1.54) is 12.1 Å². The highest BCUT2D eigenvalue weighted by atomic mass is 32.2. The van der Waals surface area contributed by atoms with Crippen LogP contribution < -0.4 is 10.0 Å². The van der Waals surface area contributed by atoms with Crippen LogP contribution in [0, 0.1) is 6.92 Å². The van der Waals surface area contributed by atoms with E-state index in [1.807, 2.05) is 79.7 Å². The second kappa shape index (κ2) is 16.6. The normalized spacial score (nSPS) is 22.4. The number of aliphatic hydroxyl groups is 1. The van der Waals surface area contributed by atoms with E-state index in [4.69, 9.17) is 18.9 Å². The molecule has 4 atom stereocenters. The molecule has 280 valence electrons. The monoisotopic (exact) mass is 741 g/mol. The highest BCUT2D eigenvalue weighted by molar-refractivity contribution is 7.89. The summed E-state index contributed by atoms with van der Waals surface area (Å²) in [6.07, 6.45) is 1.25. The van der Waals surface area contributed by atoms with Crippen LogP contribution in [0.15, 0.2) is 108 Å². The SMILES string of the molecule is Cc1ccc(S(=O)(=O)N[C@H](Cc2ccccc2)C(=O)Nc2cccc([C@@H]3O[C@H](CN4CCC5(CC4)OCCO5)C[C@H](c4ccc(CO)cc4)O3)c2)cc1. The molecular weight excluding hydrogens is 695 g/mol. The number of aryl methyl sites for hydroxylation is 1. The summed E-state index contributed by atoms with van der Waals surface area (Å²) in [5, 5.41) is 12.6. The number of ether oxygens (including phenoxy) is 4. The van der Waals surface area contributed by atoms with Gasteiger partial charge in [-0.3, -0.25) is 4.79 Å². The molecule has 4 aromatic carbocycles. The molecule has 0 aliphatic carbocycles. The minimum atomic E-state index is -4.00. The van der Waals surface area contributed by atoms with Crippen LogP contribution in [0.25, 0.3) is 0 Å². The number of hydrogen-bond acceptors (Lipinski definition) is 9. The third-order valence-corrected chi connectivity index (χ3v) is 11.6. The van der Waals surface area contributed by atoms with Crippen LogP contribution in [0.2, 0.25) is 0 Å². The van der Waals surface area contributed by atoms with Crippen LogP contribution >= 0.6 is 0 Å². The number of likely N-dealkylation sites (tertiary alicyclic amines) is 1. The molecule has 53 heavy (non-hydrogen) atoms. The van der Waals surface area contributed by atoms with E-state index in [2.05, 4.69) is 14.9 Å². The molecule has 3 fully saturated rings. The number of nitrogens with one attached hydrogen (secondary N) is 2. The first-order valence-corrected chi connectivity index (χ1v) is 19.7. The van der Waals surface area contributed by atoms with E-state index in [1.54, 1.807) is 18.2 Å². The lowest BCUT2D eigenvalue weighted by Gasteiger charge is -2.41. The zero-order valence-corrected chi connectivity index (χ0v) is 30.7. The zero-order chi connectivity index (χ0) is 36.8. The quantitative estimate of drug-likeness (QED) is 0.175. The third kappa shape index (κ3) is 9.40. The van der Waals surface area contributed by atoms with Crippen molar-refractivity contribution in [3.8, 4) is 0 Å². The van der Waals surface area contributed by atoms with Crippen molar-refractivity contribution < 1.29 is 37.3 Å². The van der Waals surface area contributed by atoms with Crippen LogP contribution in [0.5, 0.6) is 0 Å². The summed E-state index contributed by atoms with van der Waals surface area (Å²) in [5.41, 5.74) is 4.75. The Hall–Kier alpha value is -3.98. The minimum absolute atomic E-state index is 0.0395. The van der Waals surface area contributed by atoms with Crippen molar-refractivity contribution in [2.75, 3.05) is 38.2 Å². The summed E-state index contributed by atoms with van der Waals surface area (Å²) in [6, 6.07) is 29.8. The molecule has 11 nitrogen and oxygen atoms in total. The molecule has 3 aliphatic rings. The van der Waals surface area contributed by atoms with Gasteiger partial charge in [-0.2, -0.15) is 4.72 Å². The molecule has 3 heterocycles. The van der Waals surface area contributed by atoms with Gasteiger partial charge < -0.3 is 34.3 Å². The molecule has 3 saturated heterocycles. The summed E-state index contributed by atoms with van der Waals surface area (Å²) in [6.45, 7) is 5.49. The number of carbonyl (C=O) groups excluding carboxylic acids is 1. The third-order valence-electron chi connectivity index (χ3n) is 10.2. The fourth-order valence-corrected chi connectivity index (χ4v) is 8.38. The first kappa shape index (κ1) is 37.3. The minimum Gasteiger partial charge on any atom is -0.392 e. The fraction of sp³-hybridized carbons (Fsp3) is 0.390. The molecule has 0 saturated carbocycles. The zero-order valence-electron chi connectivity index (χ0n) is 29.9. The van der Waals surface area contributed by atoms with Gasteiger partial charge >= 0.3 is 0 Å². The largest absolute Gasteiger partial charge is 0.392 e. The van der Waals surface area contributed by atoms with Crippen LogP contribution in [0.4, 0.5) is 5.69 Å².